The van der Waals surface area contributed by atoms with Crippen LogP contribution < -0.4 is 14.2 Å². The summed E-state index contributed by atoms with van der Waals surface area (Å²) in [5.74, 6) is 1.61. The van der Waals surface area contributed by atoms with Gasteiger partial charge < -0.3 is 24.1 Å². The molecule has 2 aliphatic carbocycles. The number of ketones is 1. The minimum Gasteiger partial charge on any atom is -0.493 e. The summed E-state index contributed by atoms with van der Waals surface area (Å²) < 4.78 is 16.4. The standard InChI is InChI=1S/C25H22N2O5/c1-30-18-9-14-8-17(26-20(14)22(32-3)21(18)31-2)24(29)27-12-15-11-25(15)19(27)10-13-6-4-5-7-16(13)23(25)28/h4-10,15,26H,11-12H2,1-3H3/t15-,25+/m1/s1. The van der Waals surface area contributed by atoms with Crippen LogP contribution in [-0.4, -0.2) is 49.4 Å². The fraction of sp³-hybridized carbons (Fsp3) is 0.280. The SMILES string of the molecule is COc1cc2cc(C(=O)N3C[C@H]4C[C@]45C(=O)c4ccccc4C=C35)[nH]c2c(OC)c1OC. The molecule has 2 fully saturated rings. The molecule has 162 valence electrons. The summed E-state index contributed by atoms with van der Waals surface area (Å²) in [6.07, 6.45) is 2.82. The van der Waals surface area contributed by atoms with Crippen molar-refractivity contribution in [3.05, 3.63) is 58.9 Å². The number of H-pyrrole nitrogens is 1. The van der Waals surface area contributed by atoms with E-state index in [4.69, 9.17) is 14.2 Å². The number of methoxy groups -OCH3 is 3. The number of aromatic amines is 1. The molecule has 3 aliphatic rings. The molecule has 2 atom stereocenters. The van der Waals surface area contributed by atoms with Crippen molar-refractivity contribution in [1.82, 2.24) is 9.88 Å². The minimum absolute atomic E-state index is 0.138. The molecule has 0 radical (unpaired) electrons. The van der Waals surface area contributed by atoms with Crippen LogP contribution in [0.5, 0.6) is 17.2 Å². The van der Waals surface area contributed by atoms with Crippen LogP contribution in [0.4, 0.5) is 0 Å². The Hall–Kier alpha value is -3.74. The van der Waals surface area contributed by atoms with Gasteiger partial charge in [0, 0.05) is 23.2 Å². The molecule has 1 aromatic heterocycles. The maximum absolute atomic E-state index is 13.6. The van der Waals surface area contributed by atoms with Gasteiger partial charge in [0.15, 0.2) is 17.3 Å². The Morgan fingerprint density at radius 2 is 1.88 bits per heavy atom. The molecule has 32 heavy (non-hydrogen) atoms. The van der Waals surface area contributed by atoms with Gasteiger partial charge in [-0.05, 0) is 36.1 Å². The summed E-state index contributed by atoms with van der Waals surface area (Å²) >= 11 is 0. The normalized spacial score (nSPS) is 22.7. The summed E-state index contributed by atoms with van der Waals surface area (Å²) in [4.78, 5) is 31.9. The Kier molecular flexibility index (Phi) is 3.79. The molecule has 7 nitrogen and oxygen atoms in total. The Bertz CT molecular complexity index is 1350. The second-order valence-corrected chi connectivity index (χ2v) is 8.53. The van der Waals surface area contributed by atoms with E-state index < -0.39 is 5.41 Å². The Balaban J connectivity index is 1.44. The van der Waals surface area contributed by atoms with Crippen LogP contribution in [0.1, 0.15) is 32.8 Å². The summed E-state index contributed by atoms with van der Waals surface area (Å²) in [5.41, 5.74) is 2.99. The molecule has 1 N–H and O–H groups in total. The lowest BCUT2D eigenvalue weighted by atomic mass is 9.83. The van der Waals surface area contributed by atoms with Crippen molar-refractivity contribution in [3.63, 3.8) is 0 Å². The zero-order valence-electron chi connectivity index (χ0n) is 18.0. The number of Topliss-reactive ketones (excluding diaryl/α,β-unsaturated/α-hetero) is 1. The van der Waals surface area contributed by atoms with E-state index in [2.05, 4.69) is 4.98 Å². The van der Waals surface area contributed by atoms with Crippen molar-refractivity contribution in [2.24, 2.45) is 11.3 Å². The van der Waals surface area contributed by atoms with Gasteiger partial charge in [0.25, 0.3) is 5.91 Å². The largest absolute Gasteiger partial charge is 0.493 e. The number of likely N-dealkylation sites (tertiary alicyclic amines) is 1. The number of piperidine rings is 1. The van der Waals surface area contributed by atoms with E-state index in [-0.39, 0.29) is 17.6 Å². The number of ether oxygens (including phenoxy) is 3. The molecule has 1 amide bonds. The first-order chi connectivity index (χ1) is 15.5. The van der Waals surface area contributed by atoms with Crippen LogP contribution >= 0.6 is 0 Å². The van der Waals surface area contributed by atoms with Crippen molar-refractivity contribution in [1.29, 1.82) is 0 Å². The first-order valence-electron chi connectivity index (χ1n) is 10.5. The molecule has 1 saturated carbocycles. The van der Waals surface area contributed by atoms with Gasteiger partial charge in [-0.15, -0.1) is 0 Å². The van der Waals surface area contributed by atoms with Crippen LogP contribution in [0.25, 0.3) is 17.0 Å². The van der Waals surface area contributed by atoms with Crippen molar-refractivity contribution >= 4 is 28.7 Å². The topological polar surface area (TPSA) is 80.9 Å². The van der Waals surface area contributed by atoms with E-state index in [0.717, 1.165) is 28.6 Å². The van der Waals surface area contributed by atoms with Gasteiger partial charge in [-0.3, -0.25) is 9.59 Å². The molecule has 7 heteroatoms. The van der Waals surface area contributed by atoms with Crippen molar-refractivity contribution in [2.75, 3.05) is 27.9 Å². The lowest BCUT2D eigenvalue weighted by Gasteiger charge is -2.28. The van der Waals surface area contributed by atoms with Crippen LogP contribution in [-0.2, 0) is 0 Å². The number of allylic oxidation sites excluding steroid dienone is 1. The third-order valence-corrected chi connectivity index (χ3v) is 7.05. The highest BCUT2D eigenvalue weighted by atomic mass is 16.5. The van der Waals surface area contributed by atoms with E-state index in [1.54, 1.807) is 32.3 Å². The Morgan fingerprint density at radius 1 is 1.09 bits per heavy atom. The van der Waals surface area contributed by atoms with Gasteiger partial charge in [0.2, 0.25) is 5.75 Å². The number of fused-ring (bicyclic) bond motifs is 2. The number of nitrogens with one attached hydrogen (secondary N) is 1. The summed E-state index contributed by atoms with van der Waals surface area (Å²) in [6, 6.07) is 11.2. The number of hydrogen-bond acceptors (Lipinski definition) is 5. The second-order valence-electron chi connectivity index (χ2n) is 8.53. The van der Waals surface area contributed by atoms with E-state index in [0.29, 0.717) is 35.0 Å². The Morgan fingerprint density at radius 3 is 2.62 bits per heavy atom. The molecular formula is C25H22N2O5. The predicted octanol–water partition coefficient (Wildman–Crippen LogP) is 3.89. The number of benzene rings is 2. The zero-order valence-corrected chi connectivity index (χ0v) is 18.0. The average Bonchev–Trinajstić information content (AvgIpc) is 3.20. The third kappa shape index (κ3) is 2.25. The number of aromatic nitrogens is 1. The van der Waals surface area contributed by atoms with Crippen molar-refractivity contribution in [2.45, 2.75) is 6.42 Å². The molecular weight excluding hydrogens is 408 g/mol. The van der Waals surface area contributed by atoms with Crippen LogP contribution in [0.3, 0.4) is 0 Å². The fourth-order valence-corrected chi connectivity index (χ4v) is 5.44. The molecule has 6 rings (SSSR count). The first kappa shape index (κ1) is 19.0. The summed E-state index contributed by atoms with van der Waals surface area (Å²) in [6.45, 7) is 0.545. The lowest BCUT2D eigenvalue weighted by Crippen LogP contribution is -2.34. The van der Waals surface area contributed by atoms with Gasteiger partial charge in [-0.2, -0.15) is 0 Å². The van der Waals surface area contributed by atoms with Crippen LogP contribution in [0, 0.1) is 11.3 Å². The van der Waals surface area contributed by atoms with Crippen LogP contribution in [0.15, 0.2) is 42.1 Å². The molecule has 0 unspecified atom stereocenters. The van der Waals surface area contributed by atoms with Gasteiger partial charge in [0.05, 0.1) is 32.3 Å². The van der Waals surface area contributed by atoms with Gasteiger partial charge in [0.1, 0.15) is 5.69 Å². The second kappa shape index (κ2) is 6.38. The van der Waals surface area contributed by atoms with E-state index in [9.17, 15) is 9.59 Å². The van der Waals surface area contributed by atoms with Gasteiger partial charge >= 0.3 is 0 Å². The maximum Gasteiger partial charge on any atom is 0.274 e. The number of carbonyl (C=O) groups is 2. The average molecular weight is 430 g/mol. The molecule has 3 aromatic rings. The van der Waals surface area contributed by atoms with Crippen molar-refractivity contribution < 1.29 is 23.8 Å². The van der Waals surface area contributed by atoms with Gasteiger partial charge in [-0.25, -0.2) is 0 Å². The van der Waals surface area contributed by atoms with Gasteiger partial charge in [-0.1, -0.05) is 24.3 Å². The number of amides is 1. The first-order valence-corrected chi connectivity index (χ1v) is 10.5. The van der Waals surface area contributed by atoms with Crippen molar-refractivity contribution in [3.8, 4) is 17.2 Å². The highest BCUT2D eigenvalue weighted by Crippen LogP contribution is 2.67. The minimum atomic E-state index is -0.542. The molecule has 1 spiro atoms. The molecule has 2 heterocycles. The molecule has 1 saturated heterocycles. The number of rotatable bonds is 4. The fourth-order valence-electron chi connectivity index (χ4n) is 5.44. The summed E-state index contributed by atoms with van der Waals surface area (Å²) in [5, 5.41) is 0.779. The number of nitrogens with zero attached hydrogens (tertiary/aromatic N) is 1. The van der Waals surface area contributed by atoms with E-state index in [1.165, 1.54) is 0 Å². The predicted molar refractivity (Wildman–Crippen MR) is 118 cm³/mol. The zero-order chi connectivity index (χ0) is 22.2. The molecule has 2 aromatic carbocycles. The highest BCUT2D eigenvalue weighted by Gasteiger charge is 2.69. The summed E-state index contributed by atoms with van der Waals surface area (Å²) in [7, 11) is 4.65. The quantitative estimate of drug-likeness (QED) is 0.679. The maximum atomic E-state index is 13.6. The van der Waals surface area contributed by atoms with Crippen LogP contribution in [0.2, 0.25) is 0 Å². The highest BCUT2D eigenvalue weighted by molar-refractivity contribution is 6.12. The Labute approximate surface area is 184 Å². The van der Waals surface area contributed by atoms with E-state index >= 15 is 0 Å². The molecule has 1 aliphatic heterocycles. The monoisotopic (exact) mass is 430 g/mol. The van der Waals surface area contributed by atoms with E-state index in [1.807, 2.05) is 36.4 Å². The number of carbonyl (C=O) groups excluding carboxylic acids is 2. The third-order valence-electron chi connectivity index (χ3n) is 7.05. The lowest BCUT2D eigenvalue weighted by molar-refractivity contribution is 0.0799. The smallest absolute Gasteiger partial charge is 0.274 e. The molecule has 0 bridgehead atoms. The number of hydrogen-bond donors (Lipinski definition) is 1.